The number of rotatable bonds is 16. The molecular weight excluding hydrogens is 294 g/mol. The van der Waals surface area contributed by atoms with Gasteiger partial charge in [0.25, 0.3) is 0 Å². The first-order valence-electron chi connectivity index (χ1n) is 10.3. The maximum absolute atomic E-state index is 4.64. The molecule has 138 valence electrons. The molecule has 24 heavy (non-hydrogen) atoms. The van der Waals surface area contributed by atoms with Crippen LogP contribution in [0.5, 0.6) is 0 Å². The van der Waals surface area contributed by atoms with Crippen molar-refractivity contribution in [3.63, 3.8) is 0 Å². The number of nitrogens with one attached hydrogen (secondary N) is 2. The molecule has 0 spiro atoms. The Hall–Kier alpha value is -1.25. The predicted molar refractivity (Wildman–Crippen MR) is 108 cm³/mol. The van der Waals surface area contributed by atoms with Crippen LogP contribution in [0.4, 0.5) is 11.6 Å². The molecule has 0 saturated carbocycles. The Balaban J connectivity index is 2.08. The van der Waals surface area contributed by atoms with Crippen LogP contribution in [-0.2, 0) is 0 Å². The van der Waals surface area contributed by atoms with Crippen molar-refractivity contribution < 1.29 is 0 Å². The summed E-state index contributed by atoms with van der Waals surface area (Å²) in [4.78, 5) is 4.64. The summed E-state index contributed by atoms with van der Waals surface area (Å²) >= 11 is 0. The molecule has 0 aliphatic rings. The van der Waals surface area contributed by atoms with Crippen LogP contribution in [0.3, 0.4) is 0 Å². The summed E-state index contributed by atoms with van der Waals surface area (Å²) in [6.07, 6.45) is 16.0. The Labute approximate surface area is 150 Å². The summed E-state index contributed by atoms with van der Waals surface area (Å²) < 4.78 is 0. The minimum Gasteiger partial charge on any atom is -0.370 e. The zero-order chi connectivity index (χ0) is 17.3. The third-order valence-corrected chi connectivity index (χ3v) is 4.42. The minimum atomic E-state index is 0.997. The largest absolute Gasteiger partial charge is 0.370 e. The molecule has 0 unspecified atom stereocenters. The van der Waals surface area contributed by atoms with Gasteiger partial charge in [-0.25, -0.2) is 4.98 Å². The Morgan fingerprint density at radius 3 is 1.50 bits per heavy atom. The average Bonchev–Trinajstić information content (AvgIpc) is 2.60. The molecule has 1 heterocycles. The zero-order valence-electron chi connectivity index (χ0n) is 16.1. The van der Waals surface area contributed by atoms with Crippen LogP contribution >= 0.6 is 0 Å². The number of unbranched alkanes of at least 4 members (excludes halogenated alkanes) is 10. The number of anilines is 2. The number of pyridine rings is 1. The first-order valence-corrected chi connectivity index (χ1v) is 10.3. The van der Waals surface area contributed by atoms with Crippen molar-refractivity contribution in [2.75, 3.05) is 23.7 Å². The Bertz CT molecular complexity index is 359. The molecule has 0 radical (unpaired) electrons. The second-order valence-corrected chi connectivity index (χ2v) is 6.80. The van der Waals surface area contributed by atoms with Crippen molar-refractivity contribution in [3.05, 3.63) is 18.2 Å². The van der Waals surface area contributed by atoms with Crippen LogP contribution in [0.2, 0.25) is 0 Å². The second kappa shape index (κ2) is 15.3. The van der Waals surface area contributed by atoms with Gasteiger partial charge in [0.1, 0.15) is 11.6 Å². The Morgan fingerprint density at radius 1 is 0.625 bits per heavy atom. The number of hydrogen-bond acceptors (Lipinski definition) is 3. The standard InChI is InChI=1S/C21H39N3/c1-3-5-7-9-11-13-18-22-20-16-15-17-21(24-20)23-19-14-12-10-8-6-4-2/h15-17H,3-14,18-19H2,1-2H3,(H2,22,23,24). The van der Waals surface area contributed by atoms with Crippen LogP contribution in [0.15, 0.2) is 18.2 Å². The number of nitrogens with zero attached hydrogens (tertiary/aromatic N) is 1. The van der Waals surface area contributed by atoms with Gasteiger partial charge in [-0.05, 0) is 25.0 Å². The van der Waals surface area contributed by atoms with E-state index in [0.29, 0.717) is 0 Å². The fraction of sp³-hybridized carbons (Fsp3) is 0.762. The van der Waals surface area contributed by atoms with E-state index in [4.69, 9.17) is 0 Å². The molecule has 0 aliphatic heterocycles. The van der Waals surface area contributed by atoms with Crippen molar-refractivity contribution in [2.24, 2.45) is 0 Å². The van der Waals surface area contributed by atoms with Crippen molar-refractivity contribution in [3.8, 4) is 0 Å². The van der Waals surface area contributed by atoms with Gasteiger partial charge in [-0.15, -0.1) is 0 Å². The maximum atomic E-state index is 4.64. The molecule has 0 aromatic carbocycles. The first kappa shape index (κ1) is 20.8. The molecule has 0 atom stereocenters. The quantitative estimate of drug-likeness (QED) is 0.333. The lowest BCUT2D eigenvalue weighted by Gasteiger charge is -2.09. The highest BCUT2D eigenvalue weighted by atomic mass is 15.1. The van der Waals surface area contributed by atoms with E-state index in [1.807, 2.05) is 0 Å². The molecule has 0 saturated heterocycles. The van der Waals surface area contributed by atoms with E-state index in [1.165, 1.54) is 77.0 Å². The van der Waals surface area contributed by atoms with Crippen molar-refractivity contribution in [1.82, 2.24) is 4.98 Å². The summed E-state index contributed by atoms with van der Waals surface area (Å²) in [6.45, 7) is 6.58. The van der Waals surface area contributed by atoms with E-state index in [-0.39, 0.29) is 0 Å². The van der Waals surface area contributed by atoms with E-state index in [2.05, 4.69) is 47.7 Å². The van der Waals surface area contributed by atoms with Crippen LogP contribution < -0.4 is 10.6 Å². The van der Waals surface area contributed by atoms with E-state index in [1.54, 1.807) is 0 Å². The average molecular weight is 334 g/mol. The molecule has 0 bridgehead atoms. The molecule has 1 rings (SSSR count). The van der Waals surface area contributed by atoms with Gasteiger partial charge >= 0.3 is 0 Å². The second-order valence-electron chi connectivity index (χ2n) is 6.80. The fourth-order valence-corrected chi connectivity index (χ4v) is 2.88. The predicted octanol–water partition coefficient (Wildman–Crippen LogP) is 6.63. The lowest BCUT2D eigenvalue weighted by atomic mass is 10.1. The first-order chi connectivity index (χ1) is 11.9. The summed E-state index contributed by atoms with van der Waals surface area (Å²) in [7, 11) is 0. The zero-order valence-corrected chi connectivity index (χ0v) is 16.1. The van der Waals surface area contributed by atoms with E-state index in [9.17, 15) is 0 Å². The molecule has 0 aliphatic carbocycles. The van der Waals surface area contributed by atoms with Gasteiger partial charge in [0.15, 0.2) is 0 Å². The highest BCUT2D eigenvalue weighted by Gasteiger charge is 1.98. The lowest BCUT2D eigenvalue weighted by Crippen LogP contribution is -2.07. The highest BCUT2D eigenvalue weighted by Crippen LogP contribution is 2.11. The normalized spacial score (nSPS) is 10.8. The van der Waals surface area contributed by atoms with Crippen molar-refractivity contribution in [2.45, 2.75) is 90.9 Å². The highest BCUT2D eigenvalue weighted by molar-refractivity contribution is 5.44. The third-order valence-electron chi connectivity index (χ3n) is 4.42. The molecule has 3 heteroatoms. The van der Waals surface area contributed by atoms with Gasteiger partial charge in [-0.1, -0.05) is 84.1 Å². The van der Waals surface area contributed by atoms with Gasteiger partial charge in [0, 0.05) is 13.1 Å². The molecule has 3 nitrogen and oxygen atoms in total. The smallest absolute Gasteiger partial charge is 0.128 e. The van der Waals surface area contributed by atoms with Gasteiger partial charge in [-0.2, -0.15) is 0 Å². The molecule has 1 aromatic rings. The molecule has 0 amide bonds. The van der Waals surface area contributed by atoms with Crippen LogP contribution in [-0.4, -0.2) is 18.1 Å². The molecule has 1 aromatic heterocycles. The van der Waals surface area contributed by atoms with Crippen molar-refractivity contribution >= 4 is 11.6 Å². The number of aromatic nitrogens is 1. The van der Waals surface area contributed by atoms with Crippen molar-refractivity contribution in [1.29, 1.82) is 0 Å². The minimum absolute atomic E-state index is 0.997. The summed E-state index contributed by atoms with van der Waals surface area (Å²) in [5.41, 5.74) is 0. The van der Waals surface area contributed by atoms with Gasteiger partial charge in [0.05, 0.1) is 0 Å². The van der Waals surface area contributed by atoms with E-state index in [0.717, 1.165) is 24.7 Å². The van der Waals surface area contributed by atoms with E-state index < -0.39 is 0 Å². The van der Waals surface area contributed by atoms with Gasteiger partial charge in [0.2, 0.25) is 0 Å². The van der Waals surface area contributed by atoms with Crippen LogP contribution in [0, 0.1) is 0 Å². The molecular formula is C21H39N3. The van der Waals surface area contributed by atoms with Gasteiger partial charge < -0.3 is 10.6 Å². The van der Waals surface area contributed by atoms with Gasteiger partial charge in [-0.3, -0.25) is 0 Å². The SMILES string of the molecule is CCCCCCCCNc1cccc(NCCCCCCCC)n1. The lowest BCUT2D eigenvalue weighted by molar-refractivity contribution is 0.616. The Morgan fingerprint density at radius 2 is 1.04 bits per heavy atom. The number of hydrogen-bond donors (Lipinski definition) is 2. The van der Waals surface area contributed by atoms with Crippen LogP contribution in [0.1, 0.15) is 90.9 Å². The Kier molecular flexibility index (Phi) is 13.2. The molecule has 2 N–H and O–H groups in total. The van der Waals surface area contributed by atoms with E-state index >= 15 is 0 Å². The fourth-order valence-electron chi connectivity index (χ4n) is 2.88. The molecule has 0 fully saturated rings. The van der Waals surface area contributed by atoms with Crippen LogP contribution in [0.25, 0.3) is 0 Å². The maximum Gasteiger partial charge on any atom is 0.128 e. The third kappa shape index (κ3) is 11.3. The summed E-state index contributed by atoms with van der Waals surface area (Å²) in [6, 6.07) is 6.21. The summed E-state index contributed by atoms with van der Waals surface area (Å²) in [5, 5.41) is 6.90. The monoisotopic (exact) mass is 333 g/mol. The summed E-state index contributed by atoms with van der Waals surface area (Å²) in [5.74, 6) is 1.99. The topological polar surface area (TPSA) is 37.0 Å².